The van der Waals surface area contributed by atoms with Gasteiger partial charge in [-0.3, -0.25) is 0 Å². The Labute approximate surface area is 119 Å². The summed E-state index contributed by atoms with van der Waals surface area (Å²) >= 11 is 0. The van der Waals surface area contributed by atoms with Crippen LogP contribution in [0, 0.1) is 5.92 Å². The van der Waals surface area contributed by atoms with Crippen molar-refractivity contribution >= 4 is 0 Å². The van der Waals surface area contributed by atoms with Crippen LogP contribution in [0.15, 0.2) is 24.3 Å². The Morgan fingerprint density at radius 2 is 1.89 bits per heavy atom. The van der Waals surface area contributed by atoms with Gasteiger partial charge < -0.3 is 5.32 Å². The van der Waals surface area contributed by atoms with Crippen LogP contribution < -0.4 is 5.32 Å². The van der Waals surface area contributed by atoms with Gasteiger partial charge in [0.05, 0.1) is 0 Å². The lowest BCUT2D eigenvalue weighted by Crippen LogP contribution is -2.21. The first kappa shape index (κ1) is 16.2. The van der Waals surface area contributed by atoms with Crippen molar-refractivity contribution in [1.82, 2.24) is 5.32 Å². The van der Waals surface area contributed by atoms with Gasteiger partial charge >= 0.3 is 0 Å². The molecule has 0 aliphatic heterocycles. The summed E-state index contributed by atoms with van der Waals surface area (Å²) in [5.74, 6) is 0.730. The molecule has 0 heterocycles. The Hall–Kier alpha value is -0.820. The lowest BCUT2D eigenvalue weighted by atomic mass is 9.95. The maximum absolute atomic E-state index is 3.64. The highest BCUT2D eigenvalue weighted by Gasteiger charge is 2.10. The zero-order valence-corrected chi connectivity index (χ0v) is 13.2. The maximum atomic E-state index is 3.64. The fourth-order valence-electron chi connectivity index (χ4n) is 2.64. The second kappa shape index (κ2) is 9.14. The Balaban J connectivity index is 2.71. The molecule has 1 unspecified atom stereocenters. The Kier molecular flexibility index (Phi) is 7.81. The summed E-state index contributed by atoms with van der Waals surface area (Å²) in [5, 5.41) is 3.64. The summed E-state index contributed by atoms with van der Waals surface area (Å²) < 4.78 is 0. The summed E-state index contributed by atoms with van der Waals surface area (Å²) in [6.45, 7) is 10.1. The molecule has 0 aliphatic rings. The second-order valence-electron chi connectivity index (χ2n) is 5.95. The molecular weight excluding hydrogens is 230 g/mol. The fourth-order valence-corrected chi connectivity index (χ4v) is 2.64. The normalized spacial score (nSPS) is 12.9. The van der Waals surface area contributed by atoms with Gasteiger partial charge in [-0.15, -0.1) is 0 Å². The van der Waals surface area contributed by atoms with Crippen LogP contribution in [0.3, 0.4) is 0 Å². The van der Waals surface area contributed by atoms with E-state index >= 15 is 0 Å². The Morgan fingerprint density at radius 1 is 1.11 bits per heavy atom. The van der Waals surface area contributed by atoms with Crippen LogP contribution in [0.1, 0.15) is 70.5 Å². The van der Waals surface area contributed by atoms with Crippen LogP contribution in [-0.2, 0) is 6.42 Å². The van der Waals surface area contributed by atoms with Crippen LogP contribution in [0.2, 0.25) is 0 Å². The molecule has 1 atom stereocenters. The van der Waals surface area contributed by atoms with Crippen molar-refractivity contribution in [3.8, 4) is 0 Å². The van der Waals surface area contributed by atoms with E-state index in [9.17, 15) is 0 Å². The molecule has 0 aromatic heterocycles. The van der Waals surface area contributed by atoms with Gasteiger partial charge in [-0.25, -0.2) is 0 Å². The number of hydrogen-bond donors (Lipinski definition) is 1. The van der Waals surface area contributed by atoms with Crippen molar-refractivity contribution in [2.24, 2.45) is 5.92 Å². The zero-order chi connectivity index (χ0) is 14.1. The molecule has 1 aromatic rings. The van der Waals surface area contributed by atoms with Gasteiger partial charge in [0.1, 0.15) is 0 Å². The molecule has 108 valence electrons. The average Bonchev–Trinajstić information content (AvgIpc) is 2.37. The minimum absolute atomic E-state index is 0.531. The molecule has 0 amide bonds. The van der Waals surface area contributed by atoms with E-state index < -0.39 is 0 Å². The van der Waals surface area contributed by atoms with E-state index in [1.54, 1.807) is 0 Å². The van der Waals surface area contributed by atoms with E-state index in [0.717, 1.165) is 12.5 Å². The molecule has 1 heteroatoms. The first-order valence-electron chi connectivity index (χ1n) is 7.99. The van der Waals surface area contributed by atoms with Gasteiger partial charge in [-0.05, 0) is 36.4 Å². The third-order valence-electron chi connectivity index (χ3n) is 3.54. The largest absolute Gasteiger partial charge is 0.310 e. The number of nitrogens with one attached hydrogen (secondary N) is 1. The van der Waals surface area contributed by atoms with E-state index in [1.807, 2.05) is 0 Å². The third-order valence-corrected chi connectivity index (χ3v) is 3.54. The van der Waals surface area contributed by atoms with E-state index in [2.05, 4.69) is 57.3 Å². The van der Waals surface area contributed by atoms with Crippen LogP contribution in [0.5, 0.6) is 0 Å². The van der Waals surface area contributed by atoms with Gasteiger partial charge in [0.25, 0.3) is 0 Å². The predicted molar refractivity (Wildman–Crippen MR) is 85.5 cm³/mol. The molecular formula is C18H31N. The molecule has 1 nitrogen and oxygen atoms in total. The van der Waals surface area contributed by atoms with E-state index in [1.165, 1.54) is 43.2 Å². The average molecular weight is 261 g/mol. The first-order valence-corrected chi connectivity index (χ1v) is 7.99. The van der Waals surface area contributed by atoms with Crippen LogP contribution >= 0.6 is 0 Å². The number of rotatable bonds is 9. The molecule has 0 saturated carbocycles. The SMILES string of the molecule is CCCCCC(NCC)c1cccc(CC(C)C)c1. The number of benzene rings is 1. The predicted octanol–water partition coefficient (Wildman–Crippen LogP) is 5.12. The Bertz CT molecular complexity index is 343. The zero-order valence-electron chi connectivity index (χ0n) is 13.2. The molecule has 1 aromatic carbocycles. The van der Waals surface area contributed by atoms with Gasteiger partial charge in [-0.1, -0.05) is 71.2 Å². The summed E-state index contributed by atoms with van der Waals surface area (Å²) in [6.07, 6.45) is 6.40. The number of hydrogen-bond acceptors (Lipinski definition) is 1. The Morgan fingerprint density at radius 3 is 2.53 bits per heavy atom. The van der Waals surface area contributed by atoms with Crippen molar-refractivity contribution in [3.63, 3.8) is 0 Å². The highest BCUT2D eigenvalue weighted by molar-refractivity contribution is 5.26. The quantitative estimate of drug-likeness (QED) is 0.609. The lowest BCUT2D eigenvalue weighted by molar-refractivity contribution is 0.486. The highest BCUT2D eigenvalue weighted by Crippen LogP contribution is 2.22. The van der Waals surface area contributed by atoms with Gasteiger partial charge in [0, 0.05) is 6.04 Å². The molecule has 0 aliphatic carbocycles. The highest BCUT2D eigenvalue weighted by atomic mass is 14.9. The first-order chi connectivity index (χ1) is 9.17. The fraction of sp³-hybridized carbons (Fsp3) is 0.667. The van der Waals surface area contributed by atoms with Crippen LogP contribution in [0.25, 0.3) is 0 Å². The molecule has 0 radical (unpaired) electrons. The molecule has 0 saturated heterocycles. The molecule has 0 bridgehead atoms. The van der Waals surface area contributed by atoms with Crippen molar-refractivity contribution in [2.45, 2.75) is 65.8 Å². The standard InChI is InChI=1S/C18H31N/c1-5-7-8-12-18(19-6-2)17-11-9-10-16(14-17)13-15(3)4/h9-11,14-15,18-19H,5-8,12-13H2,1-4H3. The van der Waals surface area contributed by atoms with Crippen molar-refractivity contribution in [3.05, 3.63) is 35.4 Å². The summed E-state index contributed by atoms with van der Waals surface area (Å²) in [5.41, 5.74) is 2.95. The molecule has 0 fully saturated rings. The van der Waals surface area contributed by atoms with E-state index in [0.29, 0.717) is 6.04 Å². The van der Waals surface area contributed by atoms with Crippen molar-refractivity contribution < 1.29 is 0 Å². The lowest BCUT2D eigenvalue weighted by Gasteiger charge is -2.19. The van der Waals surface area contributed by atoms with Gasteiger partial charge in [-0.2, -0.15) is 0 Å². The third kappa shape index (κ3) is 6.24. The molecule has 1 N–H and O–H groups in total. The number of unbranched alkanes of at least 4 members (excludes halogenated alkanes) is 2. The van der Waals surface area contributed by atoms with Crippen molar-refractivity contribution in [2.75, 3.05) is 6.54 Å². The minimum Gasteiger partial charge on any atom is -0.310 e. The van der Waals surface area contributed by atoms with Gasteiger partial charge in [0.2, 0.25) is 0 Å². The summed E-state index contributed by atoms with van der Waals surface area (Å²) in [6, 6.07) is 9.70. The summed E-state index contributed by atoms with van der Waals surface area (Å²) in [4.78, 5) is 0. The monoisotopic (exact) mass is 261 g/mol. The van der Waals surface area contributed by atoms with Crippen LogP contribution in [-0.4, -0.2) is 6.54 Å². The topological polar surface area (TPSA) is 12.0 Å². The summed E-state index contributed by atoms with van der Waals surface area (Å²) in [7, 11) is 0. The molecule has 19 heavy (non-hydrogen) atoms. The molecule has 0 spiro atoms. The second-order valence-corrected chi connectivity index (χ2v) is 5.95. The van der Waals surface area contributed by atoms with Gasteiger partial charge in [0.15, 0.2) is 0 Å². The molecule has 1 rings (SSSR count). The van der Waals surface area contributed by atoms with Crippen LogP contribution in [0.4, 0.5) is 0 Å². The maximum Gasteiger partial charge on any atom is 0.0320 e. The van der Waals surface area contributed by atoms with E-state index in [4.69, 9.17) is 0 Å². The smallest absolute Gasteiger partial charge is 0.0320 e. The minimum atomic E-state index is 0.531. The van der Waals surface area contributed by atoms with E-state index in [-0.39, 0.29) is 0 Å². The van der Waals surface area contributed by atoms with Crippen molar-refractivity contribution in [1.29, 1.82) is 0 Å².